The second-order valence-electron chi connectivity index (χ2n) is 5.70. The van der Waals surface area contributed by atoms with Crippen molar-refractivity contribution in [2.75, 3.05) is 6.61 Å². The summed E-state index contributed by atoms with van der Waals surface area (Å²) in [6.07, 6.45) is 3.48. The molecule has 0 spiro atoms. The number of rotatable bonds is 8. The molecule has 2 aromatic rings. The molecule has 0 fully saturated rings. The molecule has 0 atom stereocenters. The van der Waals surface area contributed by atoms with Crippen LogP contribution in [0.1, 0.15) is 35.7 Å². The van der Waals surface area contributed by atoms with E-state index < -0.39 is 11.9 Å². The third-order valence-corrected chi connectivity index (χ3v) is 5.19. The topological polar surface area (TPSA) is 75.6 Å². The zero-order valence-electron chi connectivity index (χ0n) is 14.7. The van der Waals surface area contributed by atoms with E-state index in [9.17, 15) is 14.7 Å². The lowest BCUT2D eigenvalue weighted by atomic mass is 10.1. The molecule has 1 amide bonds. The van der Waals surface area contributed by atoms with Gasteiger partial charge in [-0.15, -0.1) is 0 Å². The average molecular weight is 591 g/mol. The van der Waals surface area contributed by atoms with Crippen LogP contribution >= 0.6 is 45.2 Å². The van der Waals surface area contributed by atoms with E-state index in [1.807, 2.05) is 12.1 Å². The summed E-state index contributed by atoms with van der Waals surface area (Å²) in [4.78, 5) is 23.8. The van der Waals surface area contributed by atoms with Crippen molar-refractivity contribution in [2.24, 2.45) is 0 Å². The first-order valence-corrected chi connectivity index (χ1v) is 10.5. The van der Waals surface area contributed by atoms with E-state index in [1.165, 1.54) is 6.08 Å². The second kappa shape index (κ2) is 10.6. The molecular weight excluding hydrogens is 572 g/mol. The van der Waals surface area contributed by atoms with E-state index in [0.717, 1.165) is 25.7 Å². The van der Waals surface area contributed by atoms with Gasteiger partial charge in [-0.05, 0) is 87.5 Å². The highest BCUT2D eigenvalue weighted by molar-refractivity contribution is 14.1. The number of halogens is 2. The molecule has 0 saturated carbocycles. The molecule has 5 nitrogen and oxygen atoms in total. The Kier molecular flexibility index (Phi) is 8.55. The first kappa shape index (κ1) is 21.7. The van der Waals surface area contributed by atoms with E-state index >= 15 is 0 Å². The lowest BCUT2D eigenvalue weighted by Crippen LogP contribution is -2.27. The summed E-state index contributed by atoms with van der Waals surface area (Å²) < 4.78 is 7.60. The third kappa shape index (κ3) is 6.49. The van der Waals surface area contributed by atoms with Crippen molar-refractivity contribution in [3.8, 4) is 5.75 Å². The van der Waals surface area contributed by atoms with Crippen LogP contribution in [0.15, 0.2) is 48.2 Å². The number of aliphatic carboxylic acids is 1. The SMILES string of the molecule is CCCCOc1c(I)cc(C=C(NC(=O)c2ccccc2)C(=O)O)cc1I. The first-order valence-electron chi connectivity index (χ1n) is 8.35. The number of benzene rings is 2. The van der Waals surface area contributed by atoms with Gasteiger partial charge >= 0.3 is 5.97 Å². The number of amides is 1. The fourth-order valence-electron chi connectivity index (χ4n) is 2.22. The maximum absolute atomic E-state index is 12.2. The Morgan fingerprint density at radius 3 is 2.33 bits per heavy atom. The number of unbranched alkanes of at least 4 members (excludes halogenated alkanes) is 1. The van der Waals surface area contributed by atoms with Crippen molar-refractivity contribution in [3.05, 3.63) is 66.4 Å². The maximum Gasteiger partial charge on any atom is 0.352 e. The van der Waals surface area contributed by atoms with Gasteiger partial charge < -0.3 is 15.2 Å². The van der Waals surface area contributed by atoms with Gasteiger partial charge in [0.2, 0.25) is 0 Å². The van der Waals surface area contributed by atoms with Gasteiger partial charge in [-0.25, -0.2) is 4.79 Å². The molecule has 2 N–H and O–H groups in total. The highest BCUT2D eigenvalue weighted by atomic mass is 127. The molecule has 0 aliphatic heterocycles. The lowest BCUT2D eigenvalue weighted by Gasteiger charge is -2.12. The van der Waals surface area contributed by atoms with Crippen LogP contribution in [-0.2, 0) is 4.79 Å². The smallest absolute Gasteiger partial charge is 0.352 e. The van der Waals surface area contributed by atoms with E-state index in [2.05, 4.69) is 57.4 Å². The molecule has 142 valence electrons. The summed E-state index contributed by atoms with van der Waals surface area (Å²) in [5, 5.41) is 11.9. The zero-order valence-corrected chi connectivity index (χ0v) is 19.0. The van der Waals surface area contributed by atoms with Gasteiger partial charge in [-0.2, -0.15) is 0 Å². The number of carbonyl (C=O) groups is 2. The van der Waals surface area contributed by atoms with E-state index in [-0.39, 0.29) is 5.70 Å². The predicted molar refractivity (Wildman–Crippen MR) is 122 cm³/mol. The van der Waals surface area contributed by atoms with Crippen LogP contribution in [0.25, 0.3) is 6.08 Å². The van der Waals surface area contributed by atoms with Crippen LogP contribution < -0.4 is 10.1 Å². The van der Waals surface area contributed by atoms with Crippen molar-refractivity contribution in [1.82, 2.24) is 5.32 Å². The van der Waals surface area contributed by atoms with Gasteiger partial charge in [0.15, 0.2) is 0 Å². The fourth-order valence-corrected chi connectivity index (χ4v) is 4.35. The zero-order chi connectivity index (χ0) is 19.8. The van der Waals surface area contributed by atoms with E-state index in [0.29, 0.717) is 17.7 Å². The summed E-state index contributed by atoms with van der Waals surface area (Å²) in [7, 11) is 0. The molecule has 0 unspecified atom stereocenters. The van der Waals surface area contributed by atoms with Crippen LogP contribution in [0, 0.1) is 7.14 Å². The van der Waals surface area contributed by atoms with Crippen molar-refractivity contribution in [3.63, 3.8) is 0 Å². The molecule has 0 aliphatic carbocycles. The Labute approximate surface area is 185 Å². The number of carboxylic acid groups (broad SMARTS) is 1. The van der Waals surface area contributed by atoms with Crippen molar-refractivity contribution in [2.45, 2.75) is 19.8 Å². The van der Waals surface area contributed by atoms with Crippen LogP contribution in [0.2, 0.25) is 0 Å². The lowest BCUT2D eigenvalue weighted by molar-refractivity contribution is -0.132. The average Bonchev–Trinajstić information content (AvgIpc) is 2.64. The molecule has 2 rings (SSSR count). The largest absolute Gasteiger partial charge is 0.491 e. The Balaban J connectivity index is 2.24. The Morgan fingerprint density at radius 1 is 1.15 bits per heavy atom. The number of carbonyl (C=O) groups excluding carboxylic acids is 1. The fraction of sp³-hybridized carbons (Fsp3) is 0.200. The van der Waals surface area contributed by atoms with E-state index in [1.54, 1.807) is 30.3 Å². The summed E-state index contributed by atoms with van der Waals surface area (Å²) in [5.74, 6) is -0.868. The molecule has 0 bridgehead atoms. The third-order valence-electron chi connectivity index (χ3n) is 3.59. The maximum atomic E-state index is 12.2. The van der Waals surface area contributed by atoms with Crippen molar-refractivity contribution in [1.29, 1.82) is 0 Å². The highest BCUT2D eigenvalue weighted by Crippen LogP contribution is 2.30. The first-order chi connectivity index (χ1) is 12.9. The number of hydrogen-bond acceptors (Lipinski definition) is 3. The Hall–Kier alpha value is -1.62. The molecule has 0 heterocycles. The van der Waals surface area contributed by atoms with Crippen LogP contribution in [-0.4, -0.2) is 23.6 Å². The second-order valence-corrected chi connectivity index (χ2v) is 8.02. The Bertz CT molecular complexity index is 827. The van der Waals surface area contributed by atoms with Crippen LogP contribution in [0.4, 0.5) is 0 Å². The molecule has 0 radical (unpaired) electrons. The molecule has 2 aromatic carbocycles. The number of nitrogens with one attached hydrogen (secondary N) is 1. The molecular formula is C20H19I2NO4. The Morgan fingerprint density at radius 2 is 1.78 bits per heavy atom. The minimum atomic E-state index is -1.20. The van der Waals surface area contributed by atoms with Crippen molar-refractivity contribution >= 4 is 63.1 Å². The minimum absolute atomic E-state index is 0.185. The predicted octanol–water partition coefficient (Wildman–Crippen LogP) is 4.93. The summed E-state index contributed by atoms with van der Waals surface area (Å²) in [6.45, 7) is 2.75. The highest BCUT2D eigenvalue weighted by Gasteiger charge is 2.15. The van der Waals surface area contributed by atoms with Gasteiger partial charge in [0, 0.05) is 5.56 Å². The monoisotopic (exact) mass is 591 g/mol. The van der Waals surface area contributed by atoms with Gasteiger partial charge in [-0.1, -0.05) is 31.5 Å². The molecule has 0 aromatic heterocycles. The summed E-state index contributed by atoms with van der Waals surface area (Å²) in [5.41, 5.74) is 0.890. The standard InChI is InChI=1S/C20H19I2NO4/c1-2-3-9-27-18-15(21)10-13(11-16(18)22)12-17(20(25)26)23-19(24)14-7-5-4-6-8-14/h4-8,10-12H,2-3,9H2,1H3,(H,23,24)(H,25,26). The van der Waals surface area contributed by atoms with Crippen LogP contribution in [0.5, 0.6) is 5.75 Å². The summed E-state index contributed by atoms with van der Waals surface area (Å²) in [6, 6.07) is 12.2. The number of carboxylic acids is 1. The molecule has 7 heteroatoms. The van der Waals surface area contributed by atoms with Gasteiger partial charge in [-0.3, -0.25) is 4.79 Å². The quantitative estimate of drug-likeness (QED) is 0.260. The number of hydrogen-bond donors (Lipinski definition) is 2. The van der Waals surface area contributed by atoms with E-state index in [4.69, 9.17) is 4.74 Å². The summed E-state index contributed by atoms with van der Waals surface area (Å²) >= 11 is 4.34. The molecule has 0 aliphatic rings. The number of ether oxygens (including phenoxy) is 1. The van der Waals surface area contributed by atoms with Gasteiger partial charge in [0.25, 0.3) is 5.91 Å². The normalized spacial score (nSPS) is 11.1. The minimum Gasteiger partial charge on any atom is -0.491 e. The van der Waals surface area contributed by atoms with Crippen LogP contribution in [0.3, 0.4) is 0 Å². The van der Waals surface area contributed by atoms with Gasteiger partial charge in [0.1, 0.15) is 11.4 Å². The molecule has 0 saturated heterocycles. The van der Waals surface area contributed by atoms with Gasteiger partial charge in [0.05, 0.1) is 13.7 Å². The van der Waals surface area contributed by atoms with Crippen molar-refractivity contribution < 1.29 is 19.4 Å². The molecule has 27 heavy (non-hydrogen) atoms.